The molecule has 3 saturated heterocycles. The molecule has 0 amide bonds. The SMILES string of the molecule is CCOC1OC(CO)C(OC2OC(CO)C(O)C(O)C2OC2OC(C)C(O)C(O)C2O)C(O)C1O. The lowest BCUT2D eigenvalue weighted by Crippen LogP contribution is -2.66. The highest BCUT2D eigenvalue weighted by Crippen LogP contribution is 2.33. The van der Waals surface area contributed by atoms with Gasteiger partial charge in [-0.15, -0.1) is 0 Å². The van der Waals surface area contributed by atoms with Crippen LogP contribution in [0.3, 0.4) is 0 Å². The molecule has 3 aliphatic heterocycles. The van der Waals surface area contributed by atoms with E-state index < -0.39 is 105 Å². The van der Waals surface area contributed by atoms with Crippen molar-refractivity contribution in [3.05, 3.63) is 0 Å². The lowest BCUT2D eigenvalue weighted by Gasteiger charge is -2.48. The molecule has 0 aromatic carbocycles. The van der Waals surface area contributed by atoms with Gasteiger partial charge in [0.2, 0.25) is 0 Å². The molecule has 0 radical (unpaired) electrons. The van der Waals surface area contributed by atoms with Gasteiger partial charge in [0, 0.05) is 6.61 Å². The molecule has 3 rings (SSSR count). The Kier molecular flexibility index (Phi) is 10.2. The lowest BCUT2D eigenvalue weighted by atomic mass is 9.96. The zero-order chi connectivity index (χ0) is 26.0. The van der Waals surface area contributed by atoms with E-state index in [1.165, 1.54) is 6.92 Å². The molecule has 15 unspecified atom stereocenters. The van der Waals surface area contributed by atoms with Crippen molar-refractivity contribution in [3.63, 3.8) is 0 Å². The molecule has 0 aliphatic carbocycles. The van der Waals surface area contributed by atoms with Crippen molar-refractivity contribution in [3.8, 4) is 0 Å². The van der Waals surface area contributed by atoms with Crippen molar-refractivity contribution in [2.24, 2.45) is 0 Å². The summed E-state index contributed by atoms with van der Waals surface area (Å²) in [5.74, 6) is 0. The summed E-state index contributed by atoms with van der Waals surface area (Å²) in [6.07, 6.45) is -22.7. The molecule has 15 heteroatoms. The van der Waals surface area contributed by atoms with E-state index in [0.717, 1.165) is 0 Å². The summed E-state index contributed by atoms with van der Waals surface area (Å²) < 4.78 is 32.9. The van der Waals surface area contributed by atoms with E-state index in [1.807, 2.05) is 0 Å². The second-order valence-electron chi connectivity index (χ2n) is 8.75. The highest BCUT2D eigenvalue weighted by molar-refractivity contribution is 4.96. The third-order valence-electron chi connectivity index (χ3n) is 6.37. The van der Waals surface area contributed by atoms with Crippen molar-refractivity contribution >= 4 is 0 Å². The first-order valence-corrected chi connectivity index (χ1v) is 11.4. The number of aliphatic hydroxyl groups is 9. The third-order valence-corrected chi connectivity index (χ3v) is 6.37. The monoisotopic (exact) mass is 516 g/mol. The van der Waals surface area contributed by atoms with E-state index in [-0.39, 0.29) is 6.61 Å². The first kappa shape index (κ1) is 29.0. The minimum absolute atomic E-state index is 0.144. The Labute approximate surface area is 200 Å². The molecule has 3 aliphatic rings. The van der Waals surface area contributed by atoms with Gasteiger partial charge in [0.15, 0.2) is 18.9 Å². The maximum Gasteiger partial charge on any atom is 0.187 e. The van der Waals surface area contributed by atoms with Gasteiger partial charge in [-0.1, -0.05) is 0 Å². The van der Waals surface area contributed by atoms with Crippen LogP contribution < -0.4 is 0 Å². The molecule has 9 N–H and O–H groups in total. The summed E-state index contributed by atoms with van der Waals surface area (Å²) in [6.45, 7) is 1.78. The summed E-state index contributed by atoms with van der Waals surface area (Å²) >= 11 is 0. The summed E-state index contributed by atoms with van der Waals surface area (Å²) in [6, 6.07) is 0. The van der Waals surface area contributed by atoms with Gasteiger partial charge in [0.1, 0.15) is 67.1 Å². The van der Waals surface area contributed by atoms with Crippen LogP contribution in [-0.4, -0.2) is 158 Å². The Hall–Kier alpha value is -0.600. The smallest absolute Gasteiger partial charge is 0.187 e. The van der Waals surface area contributed by atoms with Gasteiger partial charge < -0.3 is 74.4 Å². The van der Waals surface area contributed by atoms with Crippen LogP contribution in [0.5, 0.6) is 0 Å². The molecular weight excluding hydrogens is 480 g/mol. The van der Waals surface area contributed by atoms with Crippen molar-refractivity contribution in [2.45, 2.75) is 106 Å². The number of rotatable bonds is 8. The van der Waals surface area contributed by atoms with Crippen molar-refractivity contribution in [1.29, 1.82) is 0 Å². The molecule has 0 bridgehead atoms. The van der Waals surface area contributed by atoms with Gasteiger partial charge in [0.05, 0.1) is 19.3 Å². The second kappa shape index (κ2) is 12.3. The van der Waals surface area contributed by atoms with Gasteiger partial charge in [-0.3, -0.25) is 0 Å². The summed E-state index contributed by atoms with van der Waals surface area (Å²) in [5.41, 5.74) is 0. The number of ether oxygens (including phenoxy) is 6. The maximum absolute atomic E-state index is 10.7. The fourth-order valence-corrected chi connectivity index (χ4v) is 4.27. The van der Waals surface area contributed by atoms with Gasteiger partial charge in [0.25, 0.3) is 0 Å². The minimum Gasteiger partial charge on any atom is -0.394 e. The van der Waals surface area contributed by atoms with Crippen LogP contribution in [0, 0.1) is 0 Å². The molecule has 0 saturated carbocycles. The van der Waals surface area contributed by atoms with Gasteiger partial charge in [-0.05, 0) is 13.8 Å². The highest BCUT2D eigenvalue weighted by Gasteiger charge is 2.53. The molecule has 3 heterocycles. The van der Waals surface area contributed by atoms with E-state index >= 15 is 0 Å². The first-order chi connectivity index (χ1) is 16.5. The quantitative estimate of drug-likeness (QED) is 0.146. The van der Waals surface area contributed by atoms with E-state index in [2.05, 4.69) is 0 Å². The van der Waals surface area contributed by atoms with E-state index in [1.54, 1.807) is 6.92 Å². The third kappa shape index (κ3) is 5.95. The predicted molar refractivity (Wildman–Crippen MR) is 109 cm³/mol. The van der Waals surface area contributed by atoms with Crippen LogP contribution in [0.25, 0.3) is 0 Å². The van der Waals surface area contributed by atoms with E-state index in [4.69, 9.17) is 28.4 Å². The Bertz CT molecular complexity index is 654. The van der Waals surface area contributed by atoms with Crippen LogP contribution in [0.1, 0.15) is 13.8 Å². The first-order valence-electron chi connectivity index (χ1n) is 11.4. The number of hydrogen-bond acceptors (Lipinski definition) is 15. The molecule has 206 valence electrons. The topological polar surface area (TPSA) is 237 Å². The van der Waals surface area contributed by atoms with Crippen molar-refractivity contribution in [1.82, 2.24) is 0 Å². The largest absolute Gasteiger partial charge is 0.394 e. The number of hydrogen-bond donors (Lipinski definition) is 9. The Morgan fingerprint density at radius 1 is 0.571 bits per heavy atom. The zero-order valence-corrected chi connectivity index (χ0v) is 19.3. The predicted octanol–water partition coefficient (Wildman–Crippen LogP) is -5.50. The fraction of sp³-hybridized carbons (Fsp3) is 1.00. The van der Waals surface area contributed by atoms with Crippen molar-refractivity contribution < 1.29 is 74.4 Å². The maximum atomic E-state index is 10.7. The average Bonchev–Trinajstić information content (AvgIpc) is 2.84. The van der Waals surface area contributed by atoms with Crippen LogP contribution >= 0.6 is 0 Å². The highest BCUT2D eigenvalue weighted by atomic mass is 16.8. The van der Waals surface area contributed by atoms with E-state index in [0.29, 0.717) is 0 Å². The molecule has 0 aromatic heterocycles. The molecule has 0 aromatic rings. The average molecular weight is 516 g/mol. The normalized spacial score (nSPS) is 51.3. The second-order valence-corrected chi connectivity index (χ2v) is 8.75. The van der Waals surface area contributed by atoms with Crippen LogP contribution in [-0.2, 0) is 28.4 Å². The van der Waals surface area contributed by atoms with Gasteiger partial charge in [-0.25, -0.2) is 0 Å². The van der Waals surface area contributed by atoms with Crippen LogP contribution in [0.15, 0.2) is 0 Å². The Balaban J connectivity index is 1.82. The Morgan fingerprint density at radius 2 is 1.11 bits per heavy atom. The summed E-state index contributed by atoms with van der Waals surface area (Å²) in [4.78, 5) is 0. The molecular formula is C20H36O15. The van der Waals surface area contributed by atoms with Gasteiger partial charge in [-0.2, -0.15) is 0 Å². The standard InChI is InChI=1S/C20H36O15/c1-3-30-18-15(29)13(27)16(8(5-22)33-18)34-20-17(12(26)10(24)7(4-21)32-20)35-19-14(28)11(25)9(23)6(2)31-19/h6-29H,3-5H2,1-2H3. The van der Waals surface area contributed by atoms with Crippen LogP contribution in [0.2, 0.25) is 0 Å². The molecule has 35 heavy (non-hydrogen) atoms. The van der Waals surface area contributed by atoms with Crippen molar-refractivity contribution in [2.75, 3.05) is 19.8 Å². The van der Waals surface area contributed by atoms with Gasteiger partial charge >= 0.3 is 0 Å². The molecule has 15 atom stereocenters. The molecule has 0 spiro atoms. The summed E-state index contributed by atoms with van der Waals surface area (Å²) in [7, 11) is 0. The van der Waals surface area contributed by atoms with Crippen LogP contribution in [0.4, 0.5) is 0 Å². The molecule has 15 nitrogen and oxygen atoms in total. The van der Waals surface area contributed by atoms with E-state index in [9.17, 15) is 46.0 Å². The fourth-order valence-electron chi connectivity index (χ4n) is 4.27. The number of aliphatic hydroxyl groups excluding tert-OH is 9. The summed E-state index contributed by atoms with van der Waals surface area (Å²) in [5, 5.41) is 91.5. The Morgan fingerprint density at radius 3 is 1.71 bits per heavy atom. The zero-order valence-electron chi connectivity index (χ0n) is 19.3. The lowest BCUT2D eigenvalue weighted by molar-refractivity contribution is -0.387. The minimum atomic E-state index is -1.78. The molecule has 3 fully saturated rings.